The summed E-state index contributed by atoms with van der Waals surface area (Å²) in [7, 11) is 0. The Morgan fingerprint density at radius 3 is 2.92 bits per heavy atom. The number of nitro benzene ring substituents is 1. The SMILES string of the molecule is C[C@@H](OC(=O)[C@H]1CC(=O)N(Cc2ccco2)C1)c1cccc([N+](=O)[O-])c1. The number of esters is 1. The molecule has 0 N–H and O–H groups in total. The summed E-state index contributed by atoms with van der Waals surface area (Å²) in [6, 6.07) is 9.46. The lowest BCUT2D eigenvalue weighted by molar-refractivity contribution is -0.385. The Morgan fingerprint density at radius 2 is 2.23 bits per heavy atom. The largest absolute Gasteiger partial charge is 0.467 e. The average molecular weight is 358 g/mol. The number of amides is 1. The van der Waals surface area contributed by atoms with Crippen LogP contribution in [-0.4, -0.2) is 28.2 Å². The molecule has 1 aromatic carbocycles. The first-order chi connectivity index (χ1) is 12.4. The third kappa shape index (κ3) is 3.90. The van der Waals surface area contributed by atoms with Crippen molar-refractivity contribution < 1.29 is 23.7 Å². The smallest absolute Gasteiger partial charge is 0.311 e. The van der Waals surface area contributed by atoms with Gasteiger partial charge < -0.3 is 14.1 Å². The van der Waals surface area contributed by atoms with Crippen LogP contribution in [0.5, 0.6) is 0 Å². The maximum Gasteiger partial charge on any atom is 0.311 e. The molecule has 26 heavy (non-hydrogen) atoms. The summed E-state index contributed by atoms with van der Waals surface area (Å²) in [5, 5.41) is 10.9. The lowest BCUT2D eigenvalue weighted by Crippen LogP contribution is -2.26. The van der Waals surface area contributed by atoms with Gasteiger partial charge in [-0.25, -0.2) is 0 Å². The van der Waals surface area contributed by atoms with Crippen LogP contribution in [0, 0.1) is 16.0 Å². The van der Waals surface area contributed by atoms with Crippen molar-refractivity contribution in [3.05, 3.63) is 64.1 Å². The number of likely N-dealkylation sites (tertiary alicyclic amines) is 1. The monoisotopic (exact) mass is 358 g/mol. The second-order valence-corrected chi connectivity index (χ2v) is 6.19. The van der Waals surface area contributed by atoms with Crippen molar-refractivity contribution in [1.29, 1.82) is 0 Å². The van der Waals surface area contributed by atoms with Gasteiger partial charge in [0.15, 0.2) is 0 Å². The third-order valence-corrected chi connectivity index (χ3v) is 4.32. The van der Waals surface area contributed by atoms with Gasteiger partial charge in [0, 0.05) is 25.1 Å². The second kappa shape index (κ2) is 7.38. The van der Waals surface area contributed by atoms with E-state index in [1.165, 1.54) is 18.4 Å². The Morgan fingerprint density at radius 1 is 1.42 bits per heavy atom. The molecule has 0 unspecified atom stereocenters. The van der Waals surface area contributed by atoms with Crippen molar-refractivity contribution in [1.82, 2.24) is 4.90 Å². The first-order valence-electron chi connectivity index (χ1n) is 8.19. The molecule has 2 heterocycles. The Labute approximate surface area is 149 Å². The van der Waals surface area contributed by atoms with Crippen molar-refractivity contribution in [2.75, 3.05) is 6.54 Å². The molecule has 1 aliphatic heterocycles. The van der Waals surface area contributed by atoms with Crippen molar-refractivity contribution in [3.63, 3.8) is 0 Å². The van der Waals surface area contributed by atoms with Gasteiger partial charge in [-0.05, 0) is 24.6 Å². The lowest BCUT2D eigenvalue weighted by atomic mass is 10.1. The zero-order valence-electron chi connectivity index (χ0n) is 14.2. The fourth-order valence-electron chi connectivity index (χ4n) is 2.90. The van der Waals surface area contributed by atoms with Gasteiger partial charge in [-0.3, -0.25) is 19.7 Å². The number of furan rings is 1. The van der Waals surface area contributed by atoms with E-state index in [1.54, 1.807) is 36.1 Å². The highest BCUT2D eigenvalue weighted by Crippen LogP contribution is 2.26. The summed E-state index contributed by atoms with van der Waals surface area (Å²) in [5.41, 5.74) is 0.468. The summed E-state index contributed by atoms with van der Waals surface area (Å²) < 4.78 is 10.7. The van der Waals surface area contributed by atoms with E-state index in [9.17, 15) is 19.7 Å². The number of benzene rings is 1. The molecule has 0 spiro atoms. The molecule has 1 fully saturated rings. The average Bonchev–Trinajstić information content (AvgIpc) is 3.25. The third-order valence-electron chi connectivity index (χ3n) is 4.32. The molecular formula is C18H18N2O6. The van der Waals surface area contributed by atoms with Gasteiger partial charge in [0.2, 0.25) is 5.91 Å². The van der Waals surface area contributed by atoms with Crippen LogP contribution < -0.4 is 0 Å². The summed E-state index contributed by atoms with van der Waals surface area (Å²) in [6.45, 7) is 2.23. The molecule has 8 nitrogen and oxygen atoms in total. The number of carbonyl (C=O) groups excluding carboxylic acids is 2. The molecule has 136 valence electrons. The van der Waals surface area contributed by atoms with Gasteiger partial charge >= 0.3 is 5.97 Å². The molecule has 1 aliphatic rings. The van der Waals surface area contributed by atoms with E-state index in [4.69, 9.17) is 9.15 Å². The minimum absolute atomic E-state index is 0.0638. The number of nitro groups is 1. The van der Waals surface area contributed by atoms with Crippen molar-refractivity contribution in [2.45, 2.75) is 26.0 Å². The molecule has 1 aromatic heterocycles. The summed E-state index contributed by atoms with van der Waals surface area (Å²) in [5.74, 6) is -0.526. The standard InChI is InChI=1S/C18H18N2O6/c1-12(13-4-2-5-15(8-13)20(23)24)26-18(22)14-9-17(21)19(10-14)11-16-6-3-7-25-16/h2-8,12,14H,9-11H2,1H3/t12-,14+/m1/s1. The Balaban J connectivity index is 1.60. The van der Waals surface area contributed by atoms with Crippen LogP contribution in [0.3, 0.4) is 0 Å². The number of nitrogens with zero attached hydrogens (tertiary/aromatic N) is 2. The molecule has 2 atom stereocenters. The van der Waals surface area contributed by atoms with Gasteiger partial charge in [-0.15, -0.1) is 0 Å². The van der Waals surface area contributed by atoms with Gasteiger partial charge in [-0.1, -0.05) is 12.1 Å². The van der Waals surface area contributed by atoms with Gasteiger partial charge in [0.05, 0.1) is 23.6 Å². The fourth-order valence-corrected chi connectivity index (χ4v) is 2.90. The maximum atomic E-state index is 12.4. The zero-order valence-corrected chi connectivity index (χ0v) is 14.2. The van der Waals surface area contributed by atoms with E-state index in [0.717, 1.165) is 0 Å². The predicted molar refractivity (Wildman–Crippen MR) is 89.8 cm³/mol. The number of hydrogen-bond acceptors (Lipinski definition) is 6. The van der Waals surface area contributed by atoms with Crippen LogP contribution in [0.2, 0.25) is 0 Å². The molecule has 1 amide bonds. The minimum atomic E-state index is -0.642. The number of hydrogen-bond donors (Lipinski definition) is 0. The van der Waals surface area contributed by atoms with Gasteiger partial charge in [-0.2, -0.15) is 0 Å². The maximum absolute atomic E-state index is 12.4. The van der Waals surface area contributed by atoms with E-state index < -0.39 is 22.9 Å². The molecule has 1 saturated heterocycles. The highest BCUT2D eigenvalue weighted by atomic mass is 16.6. The molecule has 3 rings (SSSR count). The Kier molecular flexibility index (Phi) is 5.01. The van der Waals surface area contributed by atoms with E-state index in [1.807, 2.05) is 0 Å². The van der Waals surface area contributed by atoms with Crippen LogP contribution >= 0.6 is 0 Å². The second-order valence-electron chi connectivity index (χ2n) is 6.19. The van der Waals surface area contributed by atoms with Crippen LogP contribution in [-0.2, 0) is 20.9 Å². The van der Waals surface area contributed by atoms with E-state index >= 15 is 0 Å². The van der Waals surface area contributed by atoms with Crippen molar-refractivity contribution in [2.24, 2.45) is 5.92 Å². The number of carbonyl (C=O) groups is 2. The molecule has 8 heteroatoms. The van der Waals surface area contributed by atoms with Crippen LogP contribution in [0.15, 0.2) is 47.1 Å². The molecular weight excluding hydrogens is 340 g/mol. The topological polar surface area (TPSA) is 103 Å². The van der Waals surface area contributed by atoms with E-state index in [0.29, 0.717) is 17.9 Å². The first kappa shape index (κ1) is 17.7. The van der Waals surface area contributed by atoms with Crippen molar-refractivity contribution in [3.8, 4) is 0 Å². The van der Waals surface area contributed by atoms with Gasteiger partial charge in [0.25, 0.3) is 5.69 Å². The summed E-state index contributed by atoms with van der Waals surface area (Å²) >= 11 is 0. The number of non-ortho nitro benzene ring substituents is 1. The molecule has 0 saturated carbocycles. The van der Waals surface area contributed by atoms with E-state index in [2.05, 4.69) is 0 Å². The quantitative estimate of drug-likeness (QED) is 0.447. The van der Waals surface area contributed by atoms with Crippen LogP contribution in [0.1, 0.15) is 30.8 Å². The van der Waals surface area contributed by atoms with E-state index in [-0.39, 0.29) is 24.6 Å². The highest BCUT2D eigenvalue weighted by molar-refractivity contribution is 5.86. The number of ether oxygens (including phenoxy) is 1. The van der Waals surface area contributed by atoms with Gasteiger partial charge in [0.1, 0.15) is 11.9 Å². The first-order valence-corrected chi connectivity index (χ1v) is 8.19. The Hall–Kier alpha value is -3.16. The molecule has 2 aromatic rings. The van der Waals surface area contributed by atoms with Crippen LogP contribution in [0.4, 0.5) is 5.69 Å². The van der Waals surface area contributed by atoms with Crippen LogP contribution in [0.25, 0.3) is 0 Å². The Bertz CT molecular complexity index is 817. The van der Waals surface area contributed by atoms with Crippen molar-refractivity contribution >= 4 is 17.6 Å². The molecule has 0 radical (unpaired) electrons. The predicted octanol–water partition coefficient (Wildman–Crippen LogP) is 2.84. The normalized spacial score (nSPS) is 18.0. The lowest BCUT2D eigenvalue weighted by Gasteiger charge is -2.17. The molecule has 0 bridgehead atoms. The molecule has 0 aliphatic carbocycles. The fraction of sp³-hybridized carbons (Fsp3) is 0.333. The summed E-state index contributed by atoms with van der Waals surface area (Å²) in [6.07, 6.45) is 0.973. The zero-order chi connectivity index (χ0) is 18.7. The number of rotatable bonds is 6. The minimum Gasteiger partial charge on any atom is -0.467 e. The summed E-state index contributed by atoms with van der Waals surface area (Å²) in [4.78, 5) is 36.4. The highest BCUT2D eigenvalue weighted by Gasteiger charge is 2.36.